The number of hydrogen-bond donors (Lipinski definition) is 2. The first-order valence-corrected chi connectivity index (χ1v) is 6.53. The molecule has 0 spiro atoms. The predicted octanol–water partition coefficient (Wildman–Crippen LogP) is 2.17. The van der Waals surface area contributed by atoms with Gasteiger partial charge in [0.25, 0.3) is 0 Å². The zero-order valence-electron chi connectivity index (χ0n) is 11.4. The molecule has 6 nitrogen and oxygen atoms in total. The lowest BCUT2D eigenvalue weighted by molar-refractivity contribution is -0.121. The fourth-order valence-corrected chi connectivity index (χ4v) is 1.71. The Kier molecular flexibility index (Phi) is 6.61. The summed E-state index contributed by atoms with van der Waals surface area (Å²) < 4.78 is 5.06. The quantitative estimate of drug-likeness (QED) is 0.876. The van der Waals surface area contributed by atoms with Gasteiger partial charge in [0.2, 0.25) is 17.6 Å². The Labute approximate surface area is 133 Å². The summed E-state index contributed by atoms with van der Waals surface area (Å²) in [7, 11) is 0. The molecular formula is C13H16Cl2N4O2. The van der Waals surface area contributed by atoms with E-state index < -0.39 is 0 Å². The summed E-state index contributed by atoms with van der Waals surface area (Å²) in [6.45, 7) is 1.96. The highest BCUT2D eigenvalue weighted by Gasteiger charge is 2.10. The number of hydrogen-bond acceptors (Lipinski definition) is 5. The van der Waals surface area contributed by atoms with Crippen molar-refractivity contribution in [1.82, 2.24) is 15.5 Å². The van der Waals surface area contributed by atoms with E-state index in [1.54, 1.807) is 31.2 Å². The first-order chi connectivity index (χ1) is 9.54. The van der Waals surface area contributed by atoms with Gasteiger partial charge in [0.1, 0.15) is 0 Å². The van der Waals surface area contributed by atoms with Crippen LogP contribution in [0.15, 0.2) is 28.8 Å². The van der Waals surface area contributed by atoms with Crippen molar-refractivity contribution in [3.63, 3.8) is 0 Å². The molecule has 114 valence electrons. The van der Waals surface area contributed by atoms with Crippen LogP contribution in [0.3, 0.4) is 0 Å². The van der Waals surface area contributed by atoms with Gasteiger partial charge in [-0.25, -0.2) is 0 Å². The molecule has 0 bridgehead atoms. The topological polar surface area (TPSA) is 94.0 Å². The van der Waals surface area contributed by atoms with Crippen molar-refractivity contribution in [2.24, 2.45) is 5.73 Å². The van der Waals surface area contributed by atoms with Crippen LogP contribution < -0.4 is 11.1 Å². The maximum absolute atomic E-state index is 11.4. The average Bonchev–Trinajstić information content (AvgIpc) is 2.85. The van der Waals surface area contributed by atoms with Gasteiger partial charge in [-0.3, -0.25) is 4.79 Å². The van der Waals surface area contributed by atoms with E-state index in [0.29, 0.717) is 16.7 Å². The second-order valence-corrected chi connectivity index (χ2v) is 4.91. The Bertz CT molecular complexity index is 584. The van der Waals surface area contributed by atoms with Crippen molar-refractivity contribution in [3.8, 4) is 11.4 Å². The fraction of sp³-hybridized carbons (Fsp3) is 0.308. The van der Waals surface area contributed by atoms with Gasteiger partial charge >= 0.3 is 0 Å². The van der Waals surface area contributed by atoms with Crippen LogP contribution in [-0.4, -0.2) is 22.1 Å². The molecule has 0 saturated carbocycles. The van der Waals surface area contributed by atoms with Crippen molar-refractivity contribution in [2.75, 3.05) is 0 Å². The smallest absolute Gasteiger partial charge is 0.246 e. The Morgan fingerprint density at radius 3 is 2.71 bits per heavy atom. The monoisotopic (exact) mass is 330 g/mol. The molecule has 0 radical (unpaired) electrons. The minimum Gasteiger partial charge on any atom is -0.347 e. The molecule has 0 saturated heterocycles. The van der Waals surface area contributed by atoms with Crippen LogP contribution >= 0.6 is 24.0 Å². The molecule has 21 heavy (non-hydrogen) atoms. The second-order valence-electron chi connectivity index (χ2n) is 4.48. The number of rotatable bonds is 5. The molecule has 2 aromatic rings. The lowest BCUT2D eigenvalue weighted by Gasteiger charge is -2.04. The molecule has 1 unspecified atom stereocenters. The molecule has 0 aliphatic carbocycles. The van der Waals surface area contributed by atoms with Crippen LogP contribution in [0, 0.1) is 0 Å². The number of nitrogens with two attached hydrogens (primary N) is 1. The number of benzene rings is 1. The summed E-state index contributed by atoms with van der Waals surface area (Å²) in [4.78, 5) is 15.6. The molecule has 1 aromatic heterocycles. The van der Waals surface area contributed by atoms with E-state index in [2.05, 4.69) is 15.5 Å². The van der Waals surface area contributed by atoms with Gasteiger partial charge in [-0.1, -0.05) is 16.8 Å². The van der Waals surface area contributed by atoms with Gasteiger partial charge in [0.05, 0.1) is 6.54 Å². The Morgan fingerprint density at radius 1 is 1.43 bits per heavy atom. The summed E-state index contributed by atoms with van der Waals surface area (Å²) in [5, 5.41) is 7.16. The van der Waals surface area contributed by atoms with Gasteiger partial charge in [-0.2, -0.15) is 4.98 Å². The zero-order valence-corrected chi connectivity index (χ0v) is 12.9. The van der Waals surface area contributed by atoms with Crippen molar-refractivity contribution in [3.05, 3.63) is 35.2 Å². The van der Waals surface area contributed by atoms with E-state index in [9.17, 15) is 4.79 Å². The van der Waals surface area contributed by atoms with E-state index in [1.165, 1.54) is 0 Å². The molecule has 1 heterocycles. The molecule has 0 fully saturated rings. The molecule has 0 aliphatic heterocycles. The van der Waals surface area contributed by atoms with Crippen LogP contribution in [0.25, 0.3) is 11.4 Å². The summed E-state index contributed by atoms with van der Waals surface area (Å²) in [5.41, 5.74) is 6.33. The average molecular weight is 331 g/mol. The lowest BCUT2D eigenvalue weighted by Crippen LogP contribution is -2.29. The number of aromatic nitrogens is 2. The number of amides is 1. The van der Waals surface area contributed by atoms with Gasteiger partial charge in [0.15, 0.2) is 0 Å². The standard InChI is InChI=1S/C13H15ClN4O2.ClH/c1-8(15)6-11(19)16-7-12-17-13(18-20-12)9-2-4-10(14)5-3-9;/h2-5,8H,6-7,15H2,1H3,(H,16,19);1H. The van der Waals surface area contributed by atoms with Crippen molar-refractivity contribution in [2.45, 2.75) is 25.9 Å². The minimum atomic E-state index is -0.178. The van der Waals surface area contributed by atoms with Crippen LogP contribution in [0.2, 0.25) is 5.02 Å². The van der Waals surface area contributed by atoms with Gasteiger partial charge in [-0.05, 0) is 31.2 Å². The van der Waals surface area contributed by atoms with E-state index in [-0.39, 0.29) is 37.3 Å². The van der Waals surface area contributed by atoms with Crippen LogP contribution in [0.5, 0.6) is 0 Å². The number of nitrogens with one attached hydrogen (secondary N) is 1. The van der Waals surface area contributed by atoms with Crippen LogP contribution in [0.4, 0.5) is 0 Å². The van der Waals surface area contributed by atoms with E-state index in [4.69, 9.17) is 21.9 Å². The second kappa shape index (κ2) is 7.97. The number of carbonyl (C=O) groups excluding carboxylic acids is 1. The molecule has 1 aromatic carbocycles. The number of carbonyl (C=O) groups is 1. The largest absolute Gasteiger partial charge is 0.347 e. The third-order valence-corrected chi connectivity index (χ3v) is 2.77. The normalized spacial score (nSPS) is 11.6. The maximum Gasteiger partial charge on any atom is 0.246 e. The van der Waals surface area contributed by atoms with Crippen LogP contribution in [-0.2, 0) is 11.3 Å². The third kappa shape index (κ3) is 5.34. The van der Waals surface area contributed by atoms with Gasteiger partial charge in [-0.15, -0.1) is 12.4 Å². The first kappa shape index (κ1) is 17.4. The maximum atomic E-state index is 11.4. The third-order valence-electron chi connectivity index (χ3n) is 2.51. The van der Waals surface area contributed by atoms with Gasteiger partial charge < -0.3 is 15.6 Å². The summed E-state index contributed by atoms with van der Waals surface area (Å²) in [6, 6.07) is 6.91. The minimum absolute atomic E-state index is 0. The predicted molar refractivity (Wildman–Crippen MR) is 82.1 cm³/mol. The highest BCUT2D eigenvalue weighted by atomic mass is 35.5. The number of halogens is 2. The van der Waals surface area contributed by atoms with Crippen LogP contribution in [0.1, 0.15) is 19.2 Å². The summed E-state index contributed by atoms with van der Waals surface area (Å²) in [6.07, 6.45) is 0.262. The Morgan fingerprint density at radius 2 is 2.10 bits per heavy atom. The van der Waals surface area contributed by atoms with Crippen molar-refractivity contribution < 1.29 is 9.32 Å². The molecule has 3 N–H and O–H groups in total. The molecule has 1 atom stereocenters. The Hall–Kier alpha value is -1.63. The van der Waals surface area contributed by atoms with Crippen molar-refractivity contribution in [1.29, 1.82) is 0 Å². The highest BCUT2D eigenvalue weighted by molar-refractivity contribution is 6.30. The molecule has 1 amide bonds. The zero-order chi connectivity index (χ0) is 14.5. The fourth-order valence-electron chi connectivity index (χ4n) is 1.58. The molecular weight excluding hydrogens is 315 g/mol. The number of nitrogens with zero attached hydrogens (tertiary/aromatic N) is 2. The SMILES string of the molecule is CC(N)CC(=O)NCc1nc(-c2ccc(Cl)cc2)no1.Cl. The van der Waals surface area contributed by atoms with E-state index in [1.807, 2.05) is 0 Å². The first-order valence-electron chi connectivity index (χ1n) is 6.15. The van der Waals surface area contributed by atoms with Gasteiger partial charge in [0, 0.05) is 23.0 Å². The lowest BCUT2D eigenvalue weighted by atomic mass is 10.2. The van der Waals surface area contributed by atoms with E-state index >= 15 is 0 Å². The summed E-state index contributed by atoms with van der Waals surface area (Å²) >= 11 is 5.81. The van der Waals surface area contributed by atoms with E-state index in [0.717, 1.165) is 5.56 Å². The Balaban J connectivity index is 0.00000220. The molecule has 8 heteroatoms. The van der Waals surface area contributed by atoms with Crippen molar-refractivity contribution >= 4 is 29.9 Å². The molecule has 0 aliphatic rings. The summed E-state index contributed by atoms with van der Waals surface area (Å²) in [5.74, 6) is 0.650. The highest BCUT2D eigenvalue weighted by Crippen LogP contribution is 2.18. The molecule has 2 rings (SSSR count).